The van der Waals surface area contributed by atoms with Crippen LogP contribution in [-0.4, -0.2) is 59.2 Å². The summed E-state index contributed by atoms with van der Waals surface area (Å²) in [4.78, 5) is 33.8. The molecule has 2 amide bonds. The molecular weight excluding hydrogens is 616 g/mol. The number of H-pyrrole nitrogens is 1. The Kier molecular flexibility index (Phi) is 8.26. The second-order valence-electron chi connectivity index (χ2n) is 19.2. The lowest BCUT2D eigenvalue weighted by Gasteiger charge is -2.72. The van der Waals surface area contributed by atoms with E-state index in [0.29, 0.717) is 18.3 Å². The third kappa shape index (κ3) is 5.41. The maximum atomic E-state index is 13.9. The fraction of sp³-hybridized carbons (Fsp3) is 0.825. The Bertz CT molecular complexity index is 1490. The minimum atomic E-state index is -0.804. The van der Waals surface area contributed by atoms with Crippen LogP contribution < -0.4 is 10.6 Å². The number of imidazole rings is 1. The van der Waals surface area contributed by atoms with Gasteiger partial charge in [0.2, 0.25) is 0 Å². The van der Waals surface area contributed by atoms with Gasteiger partial charge in [0, 0.05) is 35.2 Å². The number of carbonyl (C=O) groups excluding carboxylic acids is 2. The average Bonchev–Trinajstić information content (AvgIpc) is 3.55. The van der Waals surface area contributed by atoms with Crippen molar-refractivity contribution in [1.82, 2.24) is 20.6 Å². The molecule has 0 spiro atoms. The first-order valence-corrected chi connectivity index (χ1v) is 19.1. The molecule has 1 saturated heterocycles. The Labute approximate surface area is 293 Å². The van der Waals surface area contributed by atoms with E-state index in [-0.39, 0.29) is 50.7 Å². The van der Waals surface area contributed by atoms with Crippen molar-refractivity contribution in [2.45, 2.75) is 149 Å². The molecular formula is C40H62N4O5. The lowest BCUT2D eigenvalue weighted by molar-refractivity contribution is -0.351. The van der Waals surface area contributed by atoms with E-state index in [1.807, 2.05) is 0 Å². The molecule has 1 aromatic rings. The highest BCUT2D eigenvalue weighted by Gasteiger charge is 2.70. The average molecular weight is 679 g/mol. The van der Waals surface area contributed by atoms with Crippen molar-refractivity contribution in [3.05, 3.63) is 29.9 Å². The molecule has 3 N–H and O–H groups in total. The van der Waals surface area contributed by atoms with Crippen LogP contribution in [0.4, 0.5) is 4.79 Å². The van der Waals surface area contributed by atoms with Crippen LogP contribution in [0.25, 0.3) is 0 Å². The number of fused-ring (bicyclic) bond motifs is 9. The smallest absolute Gasteiger partial charge is 0.328 e. The zero-order chi connectivity index (χ0) is 35.3. The Hall–Kier alpha value is -2.39. The van der Waals surface area contributed by atoms with E-state index in [9.17, 15) is 9.59 Å². The van der Waals surface area contributed by atoms with E-state index in [0.717, 1.165) is 57.2 Å². The van der Waals surface area contributed by atoms with Crippen molar-refractivity contribution < 1.29 is 23.8 Å². The summed E-state index contributed by atoms with van der Waals surface area (Å²) >= 11 is 0. The van der Waals surface area contributed by atoms with Gasteiger partial charge < -0.3 is 29.8 Å². The first-order valence-electron chi connectivity index (χ1n) is 19.1. The number of hydrogen-bond acceptors (Lipinski definition) is 6. The summed E-state index contributed by atoms with van der Waals surface area (Å²) in [5.74, 6) is 0.436. The topological polar surface area (TPSA) is 115 Å². The molecule has 1 aromatic heterocycles. The van der Waals surface area contributed by atoms with E-state index in [2.05, 4.69) is 82.1 Å². The molecule has 6 aliphatic rings. The quantitative estimate of drug-likeness (QED) is 0.220. The number of nitrogens with one attached hydrogen (secondary N) is 3. The fourth-order valence-corrected chi connectivity index (χ4v) is 12.7. The number of urea groups is 1. The number of esters is 1. The van der Waals surface area contributed by atoms with Crippen LogP contribution in [0.2, 0.25) is 0 Å². The highest BCUT2D eigenvalue weighted by Crippen LogP contribution is 2.75. The van der Waals surface area contributed by atoms with Crippen LogP contribution in [0.15, 0.2) is 24.2 Å². The molecule has 0 aromatic carbocycles. The molecule has 0 radical (unpaired) electrons. The summed E-state index contributed by atoms with van der Waals surface area (Å²) in [5.41, 5.74) is 2.65. The molecule has 2 heterocycles. The van der Waals surface area contributed by atoms with Crippen molar-refractivity contribution in [2.24, 2.45) is 44.8 Å². The summed E-state index contributed by atoms with van der Waals surface area (Å²) in [5, 5.41) is 6.53. The third-order valence-electron chi connectivity index (χ3n) is 15.7. The summed E-state index contributed by atoms with van der Waals surface area (Å²) in [7, 11) is 1.36. The Morgan fingerprint density at radius 1 is 0.980 bits per heavy atom. The van der Waals surface area contributed by atoms with Gasteiger partial charge in [-0.25, -0.2) is 14.6 Å². The van der Waals surface area contributed by atoms with E-state index < -0.39 is 17.8 Å². The predicted octanol–water partition coefficient (Wildman–Crippen LogP) is 7.48. The zero-order valence-corrected chi connectivity index (χ0v) is 31.6. The second-order valence-corrected chi connectivity index (χ2v) is 19.2. The molecule has 5 aliphatic carbocycles. The van der Waals surface area contributed by atoms with Gasteiger partial charge in [-0.2, -0.15) is 0 Å². The number of hydrogen-bond donors (Lipinski definition) is 3. The van der Waals surface area contributed by atoms with Crippen LogP contribution in [0.3, 0.4) is 0 Å². The molecule has 9 heteroatoms. The van der Waals surface area contributed by atoms with E-state index in [1.54, 1.807) is 18.1 Å². The van der Waals surface area contributed by atoms with Crippen molar-refractivity contribution in [3.8, 4) is 0 Å². The Morgan fingerprint density at radius 3 is 2.45 bits per heavy atom. The SMILES string of the molecule is COC(=O)[C@H](Cc1cnc[nH]1)NC(=O)N[C@]12CCC(C)(C)C[C@H]1C1=CC[C@@H]3[C@@]4(C)CC[C@@H]5OC(C)(C)OC[C@@]5(C)[C@@H]4CC[C@@]3(C)[C@]1(C)CC2. The number of rotatable bonds is 5. The van der Waals surface area contributed by atoms with Crippen LogP contribution in [-0.2, 0) is 25.4 Å². The van der Waals surface area contributed by atoms with Gasteiger partial charge in [0.1, 0.15) is 6.04 Å². The molecule has 10 atom stereocenters. The minimum Gasteiger partial charge on any atom is -0.467 e. The standard InChI is InChI=1S/C40H62N4O5/c1-34(2)16-18-40(44-33(46)43-28(32(45)47-9)20-25-22-41-24-42-25)19-17-38(7)26(27(40)21-34)10-11-30-36(5)14-13-31-37(6,23-48-35(3,4)49-31)29(36)12-15-39(30,38)8/h10,22,24,27-31H,11-21,23H2,1-9H3,(H,41,42)(H2,43,44,46)/t27-,28-,29+,30+,31-,36-,37-,38+,39+,40-/m0/s1. The maximum absolute atomic E-state index is 13.9. The van der Waals surface area contributed by atoms with Crippen LogP contribution in [0.1, 0.15) is 125 Å². The molecule has 4 saturated carbocycles. The lowest BCUT2D eigenvalue weighted by Crippen LogP contribution is -2.69. The van der Waals surface area contributed by atoms with Crippen molar-refractivity contribution >= 4 is 12.0 Å². The molecule has 0 bridgehead atoms. The van der Waals surface area contributed by atoms with Gasteiger partial charge in [-0.05, 0) is 112 Å². The molecule has 5 fully saturated rings. The first-order chi connectivity index (χ1) is 22.9. The largest absolute Gasteiger partial charge is 0.467 e. The highest BCUT2D eigenvalue weighted by molar-refractivity contribution is 5.84. The maximum Gasteiger partial charge on any atom is 0.328 e. The number of allylic oxidation sites excluding steroid dienone is 1. The van der Waals surface area contributed by atoms with Crippen LogP contribution in [0, 0.1) is 44.8 Å². The molecule has 49 heavy (non-hydrogen) atoms. The summed E-state index contributed by atoms with van der Waals surface area (Å²) in [6.07, 6.45) is 17.3. The molecule has 9 nitrogen and oxygen atoms in total. The van der Waals surface area contributed by atoms with E-state index in [1.165, 1.54) is 26.4 Å². The number of carbonyl (C=O) groups is 2. The number of nitrogens with zero attached hydrogens (tertiary/aromatic N) is 1. The molecule has 0 unspecified atom stereocenters. The van der Waals surface area contributed by atoms with Crippen LogP contribution in [0.5, 0.6) is 0 Å². The molecule has 1 aliphatic heterocycles. The highest BCUT2D eigenvalue weighted by atomic mass is 16.7. The first kappa shape index (κ1) is 35.0. The Balaban J connectivity index is 1.18. The number of aromatic nitrogens is 2. The minimum absolute atomic E-state index is 0.0284. The lowest BCUT2D eigenvalue weighted by atomic mass is 9.34. The van der Waals surface area contributed by atoms with Gasteiger partial charge in [0.15, 0.2) is 5.79 Å². The van der Waals surface area contributed by atoms with Gasteiger partial charge in [0.25, 0.3) is 0 Å². The summed E-state index contributed by atoms with van der Waals surface area (Å²) in [6.45, 7) is 20.0. The van der Waals surface area contributed by atoms with Crippen molar-refractivity contribution in [3.63, 3.8) is 0 Å². The molecule has 272 valence electrons. The number of ether oxygens (including phenoxy) is 3. The number of amides is 2. The Morgan fingerprint density at radius 2 is 1.73 bits per heavy atom. The van der Waals surface area contributed by atoms with Gasteiger partial charge in [-0.3, -0.25) is 0 Å². The zero-order valence-electron chi connectivity index (χ0n) is 31.6. The third-order valence-corrected chi connectivity index (χ3v) is 15.7. The van der Waals surface area contributed by atoms with Gasteiger partial charge >= 0.3 is 12.0 Å². The second kappa shape index (κ2) is 11.6. The van der Waals surface area contributed by atoms with E-state index in [4.69, 9.17) is 14.2 Å². The van der Waals surface area contributed by atoms with Crippen molar-refractivity contribution in [1.29, 1.82) is 0 Å². The summed E-state index contributed by atoms with van der Waals surface area (Å²) in [6, 6.07) is -1.09. The van der Waals surface area contributed by atoms with Crippen LogP contribution >= 0.6 is 0 Å². The van der Waals surface area contributed by atoms with Gasteiger partial charge in [-0.15, -0.1) is 0 Å². The van der Waals surface area contributed by atoms with Crippen molar-refractivity contribution in [2.75, 3.05) is 13.7 Å². The fourth-order valence-electron chi connectivity index (χ4n) is 12.7. The normalized spacial score (nSPS) is 44.0. The molecule has 7 rings (SSSR count). The number of methoxy groups -OCH3 is 1. The number of aromatic amines is 1. The predicted molar refractivity (Wildman–Crippen MR) is 188 cm³/mol. The summed E-state index contributed by atoms with van der Waals surface area (Å²) < 4.78 is 18.1. The van der Waals surface area contributed by atoms with Gasteiger partial charge in [0.05, 0.1) is 26.1 Å². The van der Waals surface area contributed by atoms with Gasteiger partial charge in [-0.1, -0.05) is 53.2 Å². The van der Waals surface area contributed by atoms with E-state index >= 15 is 0 Å². The monoisotopic (exact) mass is 678 g/mol.